The highest BCUT2D eigenvalue weighted by Gasteiger charge is 2.43. The first-order valence-corrected chi connectivity index (χ1v) is 11.9. The summed E-state index contributed by atoms with van der Waals surface area (Å²) in [6.07, 6.45) is 1.68. The number of carbonyl (C=O) groups is 2. The number of hydrogen-bond acceptors (Lipinski definition) is 3. The van der Waals surface area contributed by atoms with Gasteiger partial charge < -0.3 is 10.0 Å². The van der Waals surface area contributed by atoms with E-state index in [0.717, 1.165) is 34.4 Å². The third kappa shape index (κ3) is 4.05. The Kier molecular flexibility index (Phi) is 5.75. The molecule has 0 saturated heterocycles. The third-order valence-corrected chi connectivity index (χ3v) is 7.99. The SMILES string of the molecule is O=C(O)[C@H]1[C@H](CN2Cc3ccccc3C2=O)CC[C@@H]1Sc1ccc(-c2ccccc2)cc1. The molecule has 32 heavy (non-hydrogen) atoms. The van der Waals surface area contributed by atoms with Crippen molar-refractivity contribution in [2.75, 3.05) is 6.54 Å². The number of fused-ring (bicyclic) bond motifs is 1. The smallest absolute Gasteiger partial charge is 0.307 e. The Balaban J connectivity index is 1.27. The van der Waals surface area contributed by atoms with Crippen LogP contribution in [0.2, 0.25) is 0 Å². The molecule has 0 radical (unpaired) electrons. The van der Waals surface area contributed by atoms with E-state index in [1.807, 2.05) is 47.4 Å². The van der Waals surface area contributed by atoms with Gasteiger partial charge in [-0.2, -0.15) is 0 Å². The Morgan fingerprint density at radius 2 is 1.59 bits per heavy atom. The Morgan fingerprint density at radius 1 is 0.906 bits per heavy atom. The fourth-order valence-corrected chi connectivity index (χ4v) is 6.40. The first kappa shape index (κ1) is 20.8. The molecule has 162 valence electrons. The van der Waals surface area contributed by atoms with Crippen LogP contribution in [0, 0.1) is 11.8 Å². The van der Waals surface area contributed by atoms with Crippen LogP contribution >= 0.6 is 11.8 Å². The monoisotopic (exact) mass is 443 g/mol. The van der Waals surface area contributed by atoms with Gasteiger partial charge in [0.1, 0.15) is 0 Å². The van der Waals surface area contributed by atoms with E-state index >= 15 is 0 Å². The molecule has 1 saturated carbocycles. The van der Waals surface area contributed by atoms with Gasteiger partial charge in [0.25, 0.3) is 5.91 Å². The molecule has 1 amide bonds. The van der Waals surface area contributed by atoms with Crippen LogP contribution in [0.25, 0.3) is 11.1 Å². The number of carbonyl (C=O) groups excluding carboxylic acids is 1. The van der Waals surface area contributed by atoms with Gasteiger partial charge in [-0.15, -0.1) is 11.8 Å². The molecule has 1 fully saturated rings. The zero-order valence-corrected chi connectivity index (χ0v) is 18.5. The van der Waals surface area contributed by atoms with Crippen LogP contribution in [0.1, 0.15) is 28.8 Å². The Labute approximate surface area is 192 Å². The summed E-state index contributed by atoms with van der Waals surface area (Å²) >= 11 is 1.66. The van der Waals surface area contributed by atoms with E-state index in [1.165, 1.54) is 5.56 Å². The number of carboxylic acid groups (broad SMARTS) is 1. The second-order valence-corrected chi connectivity index (χ2v) is 9.90. The van der Waals surface area contributed by atoms with E-state index in [2.05, 4.69) is 36.4 Å². The van der Waals surface area contributed by atoms with Crippen LogP contribution in [-0.4, -0.2) is 33.7 Å². The summed E-state index contributed by atoms with van der Waals surface area (Å²) in [5.74, 6) is -1.20. The molecule has 3 aromatic rings. The summed E-state index contributed by atoms with van der Waals surface area (Å²) in [7, 11) is 0. The van der Waals surface area contributed by atoms with Crippen LogP contribution in [-0.2, 0) is 11.3 Å². The first-order chi connectivity index (χ1) is 15.6. The minimum atomic E-state index is -0.755. The molecule has 0 unspecified atom stereocenters. The van der Waals surface area contributed by atoms with Gasteiger partial charge in [0.2, 0.25) is 0 Å². The van der Waals surface area contributed by atoms with Gasteiger partial charge in [-0.3, -0.25) is 9.59 Å². The van der Waals surface area contributed by atoms with Crippen molar-refractivity contribution in [2.45, 2.75) is 29.5 Å². The Hall–Kier alpha value is -3.05. The van der Waals surface area contributed by atoms with Gasteiger partial charge in [0.15, 0.2) is 0 Å². The molecule has 3 atom stereocenters. The van der Waals surface area contributed by atoms with Crippen LogP contribution in [0.4, 0.5) is 0 Å². The van der Waals surface area contributed by atoms with Gasteiger partial charge in [0, 0.05) is 28.8 Å². The maximum atomic E-state index is 12.8. The van der Waals surface area contributed by atoms with E-state index in [4.69, 9.17) is 0 Å². The van der Waals surface area contributed by atoms with E-state index in [-0.39, 0.29) is 17.1 Å². The van der Waals surface area contributed by atoms with Gasteiger partial charge in [-0.05, 0) is 53.6 Å². The second-order valence-electron chi connectivity index (χ2n) is 8.59. The fourth-order valence-electron chi connectivity index (χ4n) is 5.02. The average Bonchev–Trinajstić information content (AvgIpc) is 3.36. The number of aliphatic carboxylic acids is 1. The lowest BCUT2D eigenvalue weighted by Crippen LogP contribution is -2.35. The van der Waals surface area contributed by atoms with Crippen molar-refractivity contribution in [3.8, 4) is 11.1 Å². The lowest BCUT2D eigenvalue weighted by atomic mass is 9.95. The van der Waals surface area contributed by atoms with Crippen molar-refractivity contribution in [3.05, 3.63) is 90.0 Å². The minimum Gasteiger partial charge on any atom is -0.481 e. The first-order valence-electron chi connectivity index (χ1n) is 11.0. The lowest BCUT2D eigenvalue weighted by Gasteiger charge is -2.25. The zero-order chi connectivity index (χ0) is 22.1. The molecule has 1 aliphatic carbocycles. The molecule has 3 aromatic carbocycles. The molecule has 4 nitrogen and oxygen atoms in total. The highest BCUT2D eigenvalue weighted by molar-refractivity contribution is 8.00. The second kappa shape index (κ2) is 8.83. The number of rotatable bonds is 6. The maximum absolute atomic E-state index is 12.8. The van der Waals surface area contributed by atoms with Crippen molar-refractivity contribution in [1.29, 1.82) is 0 Å². The average molecular weight is 444 g/mol. The van der Waals surface area contributed by atoms with Crippen molar-refractivity contribution >= 4 is 23.6 Å². The fraction of sp³-hybridized carbons (Fsp3) is 0.259. The van der Waals surface area contributed by atoms with E-state index in [1.54, 1.807) is 11.8 Å². The third-order valence-electron chi connectivity index (χ3n) is 6.62. The lowest BCUT2D eigenvalue weighted by molar-refractivity contribution is -0.142. The number of amides is 1. The summed E-state index contributed by atoms with van der Waals surface area (Å²) in [4.78, 5) is 27.9. The molecule has 5 rings (SSSR count). The predicted octanol–water partition coefficient (Wildman–Crippen LogP) is 5.58. The van der Waals surface area contributed by atoms with Gasteiger partial charge in [-0.25, -0.2) is 0 Å². The molecule has 0 bridgehead atoms. The normalized spacial score (nSPS) is 22.2. The van der Waals surface area contributed by atoms with E-state index < -0.39 is 11.9 Å². The molecule has 0 aromatic heterocycles. The van der Waals surface area contributed by atoms with Gasteiger partial charge >= 0.3 is 5.97 Å². The van der Waals surface area contributed by atoms with Gasteiger partial charge in [0.05, 0.1) is 5.92 Å². The number of hydrogen-bond donors (Lipinski definition) is 1. The quantitative estimate of drug-likeness (QED) is 0.540. The Morgan fingerprint density at radius 3 is 2.31 bits per heavy atom. The summed E-state index contributed by atoms with van der Waals surface area (Å²) in [5.41, 5.74) is 4.11. The van der Waals surface area contributed by atoms with Crippen LogP contribution in [0.5, 0.6) is 0 Å². The van der Waals surface area contributed by atoms with Crippen LogP contribution in [0.3, 0.4) is 0 Å². The highest BCUT2D eigenvalue weighted by Crippen LogP contribution is 2.44. The topological polar surface area (TPSA) is 57.6 Å². The van der Waals surface area contributed by atoms with Crippen molar-refractivity contribution in [2.24, 2.45) is 11.8 Å². The number of thioether (sulfide) groups is 1. The largest absolute Gasteiger partial charge is 0.481 e. The van der Waals surface area contributed by atoms with Crippen molar-refractivity contribution in [3.63, 3.8) is 0 Å². The molecule has 5 heteroatoms. The zero-order valence-electron chi connectivity index (χ0n) is 17.7. The van der Waals surface area contributed by atoms with E-state index in [9.17, 15) is 14.7 Å². The molecule has 0 spiro atoms. The highest BCUT2D eigenvalue weighted by atomic mass is 32.2. The van der Waals surface area contributed by atoms with Crippen molar-refractivity contribution < 1.29 is 14.7 Å². The van der Waals surface area contributed by atoms with Crippen LogP contribution in [0.15, 0.2) is 83.8 Å². The number of nitrogens with zero attached hydrogens (tertiary/aromatic N) is 1. The molecule has 1 N–H and O–H groups in total. The van der Waals surface area contributed by atoms with Gasteiger partial charge in [-0.1, -0.05) is 60.7 Å². The molecular formula is C27H25NO3S. The predicted molar refractivity (Wildman–Crippen MR) is 127 cm³/mol. The van der Waals surface area contributed by atoms with Crippen LogP contribution < -0.4 is 0 Å². The van der Waals surface area contributed by atoms with E-state index in [0.29, 0.717) is 13.1 Å². The summed E-state index contributed by atoms with van der Waals surface area (Å²) in [6, 6.07) is 26.3. The standard InChI is InChI=1S/C27H25NO3S/c29-26-23-9-5-4-8-20(23)16-28(26)17-21-12-15-24(25(21)27(30)31)32-22-13-10-19(11-14-22)18-6-2-1-3-7-18/h1-11,13-14,21,24-25H,12,15-17H2,(H,30,31)/t21-,24-,25-/m0/s1. The molecular weight excluding hydrogens is 418 g/mol. The maximum Gasteiger partial charge on any atom is 0.307 e. The number of benzene rings is 3. The summed E-state index contributed by atoms with van der Waals surface area (Å²) in [5, 5.41) is 10.0. The summed E-state index contributed by atoms with van der Waals surface area (Å²) in [6.45, 7) is 1.09. The van der Waals surface area contributed by atoms with Crippen molar-refractivity contribution in [1.82, 2.24) is 4.90 Å². The summed E-state index contributed by atoms with van der Waals surface area (Å²) < 4.78 is 0. The Bertz CT molecular complexity index is 1130. The molecule has 2 aliphatic rings. The molecule has 1 heterocycles. The minimum absolute atomic E-state index is 0.0140. The number of carboxylic acids is 1. The molecule has 1 aliphatic heterocycles.